The van der Waals surface area contributed by atoms with Gasteiger partial charge < -0.3 is 4.74 Å². The standard InChI is InChI=1S/C22H24F6OSi/c1-2-5-30-6-3-13(4-7-30)14-8-16(23)21(17(24)9-14)15-10-18(25)22(19(26)11-15)29-12-20(27)28/h8-11,13,20,30H,2-7,12H2,1H3/t13-,30-. The molecule has 164 valence electrons. The first kappa shape index (κ1) is 22.7. The van der Waals surface area contributed by atoms with Gasteiger partial charge in [-0.2, -0.15) is 0 Å². The molecule has 0 unspecified atom stereocenters. The van der Waals surface area contributed by atoms with Crippen molar-refractivity contribution in [2.24, 2.45) is 0 Å². The van der Waals surface area contributed by atoms with Gasteiger partial charge in [0.25, 0.3) is 6.43 Å². The maximum atomic E-state index is 14.8. The van der Waals surface area contributed by atoms with Crippen molar-refractivity contribution in [2.75, 3.05) is 6.61 Å². The zero-order valence-electron chi connectivity index (χ0n) is 16.7. The number of halogens is 6. The molecule has 1 aliphatic heterocycles. The van der Waals surface area contributed by atoms with Gasteiger partial charge in [-0.25, -0.2) is 26.3 Å². The van der Waals surface area contributed by atoms with E-state index in [1.165, 1.54) is 24.6 Å². The highest BCUT2D eigenvalue weighted by Gasteiger charge is 2.25. The van der Waals surface area contributed by atoms with Crippen LogP contribution in [-0.2, 0) is 0 Å². The van der Waals surface area contributed by atoms with Crippen molar-refractivity contribution >= 4 is 8.80 Å². The molecule has 2 aromatic carbocycles. The van der Waals surface area contributed by atoms with Crippen molar-refractivity contribution in [3.8, 4) is 16.9 Å². The zero-order chi connectivity index (χ0) is 21.8. The summed E-state index contributed by atoms with van der Waals surface area (Å²) < 4.78 is 86.6. The lowest BCUT2D eigenvalue weighted by atomic mass is 9.91. The summed E-state index contributed by atoms with van der Waals surface area (Å²) in [6.07, 6.45) is 0.0902. The van der Waals surface area contributed by atoms with Crippen LogP contribution in [0.4, 0.5) is 26.3 Å². The average Bonchev–Trinajstić information content (AvgIpc) is 2.67. The van der Waals surface area contributed by atoms with Gasteiger partial charge in [0.1, 0.15) is 18.2 Å². The van der Waals surface area contributed by atoms with Gasteiger partial charge in [-0.05, 0) is 54.2 Å². The molecule has 0 N–H and O–H groups in total. The first-order valence-corrected chi connectivity index (χ1v) is 12.6. The second-order valence-corrected chi connectivity index (χ2v) is 11.3. The largest absolute Gasteiger partial charge is 0.482 e. The second-order valence-electron chi connectivity index (χ2n) is 7.84. The van der Waals surface area contributed by atoms with Crippen molar-refractivity contribution in [1.29, 1.82) is 0 Å². The minimum Gasteiger partial charge on any atom is -0.482 e. The highest BCUT2D eigenvalue weighted by molar-refractivity contribution is 6.59. The Bertz CT molecular complexity index is 834. The van der Waals surface area contributed by atoms with Gasteiger partial charge >= 0.3 is 0 Å². The molecule has 0 amide bonds. The summed E-state index contributed by atoms with van der Waals surface area (Å²) in [5.74, 6) is -5.32. The van der Waals surface area contributed by atoms with E-state index in [1.807, 2.05) is 0 Å². The first-order chi connectivity index (χ1) is 14.3. The molecular weight excluding hydrogens is 422 g/mol. The Balaban J connectivity index is 1.84. The Morgan fingerprint density at radius 3 is 2.00 bits per heavy atom. The number of alkyl halides is 2. The van der Waals surface area contributed by atoms with E-state index in [4.69, 9.17) is 0 Å². The summed E-state index contributed by atoms with van der Waals surface area (Å²) in [6.45, 7) is 0.986. The highest BCUT2D eigenvalue weighted by Crippen LogP contribution is 2.38. The number of ether oxygens (including phenoxy) is 1. The van der Waals surface area contributed by atoms with Crippen LogP contribution in [0.2, 0.25) is 18.1 Å². The fraction of sp³-hybridized carbons (Fsp3) is 0.455. The van der Waals surface area contributed by atoms with Gasteiger partial charge in [-0.1, -0.05) is 31.5 Å². The van der Waals surface area contributed by atoms with Crippen LogP contribution in [0.1, 0.15) is 37.7 Å². The molecule has 30 heavy (non-hydrogen) atoms. The smallest absolute Gasteiger partial charge is 0.272 e. The fourth-order valence-electron chi connectivity index (χ4n) is 4.29. The van der Waals surface area contributed by atoms with Crippen molar-refractivity contribution in [1.82, 2.24) is 0 Å². The Morgan fingerprint density at radius 2 is 1.50 bits per heavy atom. The molecule has 0 saturated carbocycles. The maximum absolute atomic E-state index is 14.8. The van der Waals surface area contributed by atoms with Crippen molar-refractivity contribution in [2.45, 2.75) is 56.7 Å². The third-order valence-electron chi connectivity index (χ3n) is 5.72. The Kier molecular flexibility index (Phi) is 7.49. The van der Waals surface area contributed by atoms with Crippen molar-refractivity contribution in [3.05, 3.63) is 53.1 Å². The van der Waals surface area contributed by atoms with Gasteiger partial charge in [0.15, 0.2) is 17.4 Å². The summed E-state index contributed by atoms with van der Waals surface area (Å²) in [5, 5.41) is 0. The van der Waals surface area contributed by atoms with Crippen LogP contribution in [0, 0.1) is 23.3 Å². The summed E-state index contributed by atoms with van der Waals surface area (Å²) in [6, 6.07) is 7.45. The van der Waals surface area contributed by atoms with Crippen LogP contribution in [0.5, 0.6) is 5.75 Å². The molecule has 0 atom stereocenters. The molecule has 1 saturated heterocycles. The van der Waals surface area contributed by atoms with Gasteiger partial charge in [0, 0.05) is 8.80 Å². The Labute approximate surface area is 173 Å². The molecular formula is C22H24F6OSi. The molecule has 2 aromatic rings. The Morgan fingerprint density at radius 1 is 0.933 bits per heavy atom. The summed E-state index contributed by atoms with van der Waals surface area (Å²) in [4.78, 5) is 0. The molecule has 0 radical (unpaired) electrons. The zero-order valence-corrected chi connectivity index (χ0v) is 17.8. The molecule has 1 aliphatic rings. The maximum Gasteiger partial charge on any atom is 0.272 e. The first-order valence-electron chi connectivity index (χ1n) is 10.2. The van der Waals surface area contributed by atoms with E-state index in [9.17, 15) is 26.3 Å². The van der Waals surface area contributed by atoms with Crippen LogP contribution in [-0.4, -0.2) is 21.8 Å². The number of benzene rings is 2. The van der Waals surface area contributed by atoms with Crippen molar-refractivity contribution in [3.63, 3.8) is 0 Å². The van der Waals surface area contributed by atoms with Gasteiger partial charge in [0.05, 0.1) is 5.56 Å². The van der Waals surface area contributed by atoms with Gasteiger partial charge in [-0.15, -0.1) is 0 Å². The second kappa shape index (κ2) is 9.90. The number of hydrogen-bond donors (Lipinski definition) is 0. The molecule has 0 bridgehead atoms. The summed E-state index contributed by atoms with van der Waals surface area (Å²) >= 11 is 0. The molecule has 0 aliphatic carbocycles. The average molecular weight is 447 g/mol. The van der Waals surface area contributed by atoms with E-state index in [2.05, 4.69) is 11.7 Å². The van der Waals surface area contributed by atoms with E-state index in [0.29, 0.717) is 17.7 Å². The molecule has 1 nitrogen and oxygen atoms in total. The van der Waals surface area contributed by atoms with Crippen LogP contribution in [0.15, 0.2) is 24.3 Å². The van der Waals surface area contributed by atoms with E-state index in [-0.39, 0.29) is 11.5 Å². The molecule has 0 aromatic heterocycles. The monoisotopic (exact) mass is 446 g/mol. The quantitative estimate of drug-likeness (QED) is 0.327. The lowest BCUT2D eigenvalue weighted by molar-refractivity contribution is 0.0777. The summed E-state index contributed by atoms with van der Waals surface area (Å²) in [5.41, 5.74) is -0.337. The number of rotatable bonds is 7. The Hall–Kier alpha value is -1.96. The molecule has 1 fully saturated rings. The lowest BCUT2D eigenvalue weighted by Gasteiger charge is -2.28. The summed E-state index contributed by atoms with van der Waals surface area (Å²) in [7, 11) is -0.730. The number of hydrogen-bond acceptors (Lipinski definition) is 1. The third-order valence-corrected chi connectivity index (χ3v) is 9.41. The fourth-order valence-corrected chi connectivity index (χ4v) is 7.72. The minimum atomic E-state index is -2.91. The van der Waals surface area contributed by atoms with E-state index in [1.54, 1.807) is 0 Å². The van der Waals surface area contributed by atoms with Crippen LogP contribution in [0.3, 0.4) is 0 Å². The van der Waals surface area contributed by atoms with Crippen LogP contribution in [0.25, 0.3) is 11.1 Å². The molecule has 3 rings (SSSR count). The minimum absolute atomic E-state index is 0.0854. The SMILES string of the molecule is CCC[Si@H]1CC[C@H](c2cc(F)c(-c3cc(F)c(OCC(F)F)c(F)c3)c(F)c2)CC1. The topological polar surface area (TPSA) is 9.23 Å². The van der Waals surface area contributed by atoms with Crippen molar-refractivity contribution < 1.29 is 31.1 Å². The molecule has 8 heteroatoms. The molecule has 1 heterocycles. The van der Waals surface area contributed by atoms with Gasteiger partial charge in [-0.3, -0.25) is 0 Å². The predicted molar refractivity (Wildman–Crippen MR) is 107 cm³/mol. The van der Waals surface area contributed by atoms with Crippen LogP contribution >= 0.6 is 0 Å². The predicted octanol–water partition coefficient (Wildman–Crippen LogP) is 7.07. The normalized spacial score (nSPS) is 19.3. The molecule has 0 spiro atoms. The van der Waals surface area contributed by atoms with E-state index in [0.717, 1.165) is 24.9 Å². The third kappa shape index (κ3) is 5.20. The van der Waals surface area contributed by atoms with E-state index >= 15 is 0 Å². The lowest BCUT2D eigenvalue weighted by Crippen LogP contribution is -2.20. The van der Waals surface area contributed by atoms with Crippen LogP contribution < -0.4 is 4.74 Å². The highest BCUT2D eigenvalue weighted by atomic mass is 28.3. The van der Waals surface area contributed by atoms with Gasteiger partial charge in [0.2, 0.25) is 0 Å². The van der Waals surface area contributed by atoms with E-state index < -0.39 is 56.4 Å².